The molecule has 104 valence electrons. The molecule has 0 saturated heterocycles. The molecule has 1 atom stereocenters. The summed E-state index contributed by atoms with van der Waals surface area (Å²) in [6.45, 7) is 3.16. The van der Waals surface area contributed by atoms with Gasteiger partial charge >= 0.3 is 0 Å². The highest BCUT2D eigenvalue weighted by Gasteiger charge is 2.16. The van der Waals surface area contributed by atoms with Crippen molar-refractivity contribution in [2.24, 2.45) is 0 Å². The fraction of sp³-hybridized carbons (Fsp3) is 0.267. The Morgan fingerprint density at radius 1 is 1.35 bits per heavy atom. The third-order valence-electron chi connectivity index (χ3n) is 3.32. The summed E-state index contributed by atoms with van der Waals surface area (Å²) >= 11 is 3.57. The minimum atomic E-state index is 0.237. The van der Waals surface area contributed by atoms with Gasteiger partial charge in [0, 0.05) is 29.5 Å². The monoisotopic (exact) mass is 334 g/mol. The van der Waals surface area contributed by atoms with Crippen molar-refractivity contribution in [3.05, 3.63) is 52.3 Å². The molecule has 2 heterocycles. The molecule has 1 aromatic heterocycles. The number of ether oxygens (including phenoxy) is 2. The summed E-state index contributed by atoms with van der Waals surface area (Å²) in [4.78, 5) is 4.14. The molecule has 0 saturated carbocycles. The molecule has 2 aromatic rings. The number of hydrogen-bond donors (Lipinski definition) is 1. The van der Waals surface area contributed by atoms with E-state index in [1.807, 2.05) is 24.4 Å². The number of nitrogens with one attached hydrogen (secondary N) is 1. The van der Waals surface area contributed by atoms with E-state index in [1.165, 1.54) is 5.56 Å². The molecule has 0 bridgehead atoms. The van der Waals surface area contributed by atoms with Crippen LogP contribution in [0.15, 0.2) is 41.1 Å². The molecule has 0 radical (unpaired) electrons. The lowest BCUT2D eigenvalue weighted by molar-refractivity contribution is 0.174. The second-order valence-electron chi connectivity index (χ2n) is 4.69. The molecule has 20 heavy (non-hydrogen) atoms. The van der Waals surface area contributed by atoms with E-state index in [-0.39, 0.29) is 6.04 Å². The van der Waals surface area contributed by atoms with Crippen molar-refractivity contribution in [2.75, 3.05) is 6.79 Å². The molecular formula is C15H15BrN2O2. The van der Waals surface area contributed by atoms with Crippen molar-refractivity contribution in [1.82, 2.24) is 10.3 Å². The molecular weight excluding hydrogens is 320 g/mol. The predicted molar refractivity (Wildman–Crippen MR) is 79.8 cm³/mol. The highest BCUT2D eigenvalue weighted by atomic mass is 79.9. The number of pyridine rings is 1. The summed E-state index contributed by atoms with van der Waals surface area (Å²) in [6.07, 6.45) is 3.66. The van der Waals surface area contributed by atoms with Gasteiger partial charge in [-0.15, -0.1) is 0 Å². The lowest BCUT2D eigenvalue weighted by Crippen LogP contribution is -2.18. The normalized spacial score (nSPS) is 14.3. The first kappa shape index (κ1) is 13.4. The quantitative estimate of drug-likeness (QED) is 0.930. The fourth-order valence-corrected chi connectivity index (χ4v) is 2.57. The third-order valence-corrected chi connectivity index (χ3v) is 4.06. The minimum Gasteiger partial charge on any atom is -0.454 e. The summed E-state index contributed by atoms with van der Waals surface area (Å²) in [5.74, 6) is 1.60. The molecule has 0 fully saturated rings. The van der Waals surface area contributed by atoms with Crippen LogP contribution in [0.4, 0.5) is 0 Å². The number of aromatic nitrogens is 1. The number of hydrogen-bond acceptors (Lipinski definition) is 4. The molecule has 1 aromatic carbocycles. The van der Waals surface area contributed by atoms with Gasteiger partial charge in [0.1, 0.15) is 0 Å². The third kappa shape index (κ3) is 2.78. The predicted octanol–water partition coefficient (Wildman–Crippen LogP) is 3.42. The molecule has 1 aliphatic rings. The summed E-state index contributed by atoms with van der Waals surface area (Å²) < 4.78 is 11.8. The molecule has 5 heteroatoms. The Balaban J connectivity index is 1.70. The first-order chi connectivity index (χ1) is 9.74. The van der Waals surface area contributed by atoms with Crippen LogP contribution in [-0.2, 0) is 6.54 Å². The minimum absolute atomic E-state index is 0.237. The molecule has 1 aliphatic heterocycles. The van der Waals surface area contributed by atoms with Gasteiger partial charge in [0.15, 0.2) is 11.5 Å². The van der Waals surface area contributed by atoms with Gasteiger partial charge in [0.25, 0.3) is 0 Å². The molecule has 3 rings (SSSR count). The Hall–Kier alpha value is -1.59. The average molecular weight is 335 g/mol. The molecule has 0 spiro atoms. The Morgan fingerprint density at radius 2 is 2.15 bits per heavy atom. The summed E-state index contributed by atoms with van der Waals surface area (Å²) in [6, 6.07) is 8.22. The Morgan fingerprint density at radius 3 is 2.90 bits per heavy atom. The smallest absolute Gasteiger partial charge is 0.231 e. The summed E-state index contributed by atoms with van der Waals surface area (Å²) in [5.41, 5.74) is 2.31. The van der Waals surface area contributed by atoms with Crippen LogP contribution in [0.1, 0.15) is 24.1 Å². The molecule has 0 aliphatic carbocycles. The zero-order chi connectivity index (χ0) is 13.9. The number of halogens is 1. The second-order valence-corrected chi connectivity index (χ2v) is 5.54. The number of rotatable bonds is 4. The highest BCUT2D eigenvalue weighted by Crippen LogP contribution is 2.37. The van der Waals surface area contributed by atoms with Crippen LogP contribution in [0.3, 0.4) is 0 Å². The van der Waals surface area contributed by atoms with E-state index in [0.29, 0.717) is 6.79 Å². The molecule has 1 N–H and O–H groups in total. The SMILES string of the molecule is C[C@@H](NCc1cc2c(cc1Br)OCO2)c1cccnc1. The van der Waals surface area contributed by atoms with Crippen LogP contribution >= 0.6 is 15.9 Å². The van der Waals surface area contributed by atoms with E-state index in [2.05, 4.69) is 39.2 Å². The van der Waals surface area contributed by atoms with Gasteiger partial charge in [0.05, 0.1) is 0 Å². The van der Waals surface area contributed by atoms with E-state index in [4.69, 9.17) is 9.47 Å². The van der Waals surface area contributed by atoms with Gasteiger partial charge in [-0.1, -0.05) is 22.0 Å². The van der Waals surface area contributed by atoms with E-state index >= 15 is 0 Å². The van der Waals surface area contributed by atoms with Gasteiger partial charge < -0.3 is 14.8 Å². The first-order valence-corrected chi connectivity index (χ1v) is 7.24. The van der Waals surface area contributed by atoms with E-state index in [0.717, 1.165) is 28.1 Å². The molecule has 0 amide bonds. The number of nitrogens with zero attached hydrogens (tertiary/aromatic N) is 1. The largest absolute Gasteiger partial charge is 0.454 e. The Bertz CT molecular complexity index is 604. The zero-order valence-electron chi connectivity index (χ0n) is 11.1. The summed E-state index contributed by atoms with van der Waals surface area (Å²) in [5, 5.41) is 3.48. The Labute approximate surface area is 126 Å². The van der Waals surface area contributed by atoms with E-state index < -0.39 is 0 Å². The van der Waals surface area contributed by atoms with Crippen LogP contribution in [0.2, 0.25) is 0 Å². The summed E-state index contributed by atoms with van der Waals surface area (Å²) in [7, 11) is 0. The maximum absolute atomic E-state index is 5.40. The van der Waals surface area contributed by atoms with Crippen molar-refractivity contribution < 1.29 is 9.47 Å². The van der Waals surface area contributed by atoms with Gasteiger partial charge in [-0.2, -0.15) is 0 Å². The van der Waals surface area contributed by atoms with Crippen molar-refractivity contribution in [3.8, 4) is 11.5 Å². The van der Waals surface area contributed by atoms with E-state index in [9.17, 15) is 0 Å². The van der Waals surface area contributed by atoms with Gasteiger partial charge in [0.2, 0.25) is 6.79 Å². The van der Waals surface area contributed by atoms with Gasteiger partial charge in [-0.05, 0) is 36.2 Å². The van der Waals surface area contributed by atoms with E-state index in [1.54, 1.807) is 6.20 Å². The lowest BCUT2D eigenvalue weighted by atomic mass is 10.1. The van der Waals surface area contributed by atoms with Crippen molar-refractivity contribution in [1.29, 1.82) is 0 Å². The van der Waals surface area contributed by atoms with Crippen LogP contribution in [0, 0.1) is 0 Å². The zero-order valence-corrected chi connectivity index (χ0v) is 12.7. The van der Waals surface area contributed by atoms with Gasteiger partial charge in [-0.25, -0.2) is 0 Å². The van der Waals surface area contributed by atoms with Crippen molar-refractivity contribution >= 4 is 15.9 Å². The highest BCUT2D eigenvalue weighted by molar-refractivity contribution is 9.10. The van der Waals surface area contributed by atoms with Crippen LogP contribution in [0.5, 0.6) is 11.5 Å². The number of benzene rings is 1. The maximum atomic E-state index is 5.40. The molecule has 4 nitrogen and oxygen atoms in total. The fourth-order valence-electron chi connectivity index (χ4n) is 2.11. The topological polar surface area (TPSA) is 43.4 Å². The van der Waals surface area contributed by atoms with Crippen molar-refractivity contribution in [3.63, 3.8) is 0 Å². The van der Waals surface area contributed by atoms with Crippen molar-refractivity contribution in [2.45, 2.75) is 19.5 Å². The van der Waals surface area contributed by atoms with Crippen LogP contribution in [-0.4, -0.2) is 11.8 Å². The Kier molecular flexibility index (Phi) is 3.89. The maximum Gasteiger partial charge on any atom is 0.231 e. The van der Waals surface area contributed by atoms with Crippen LogP contribution < -0.4 is 14.8 Å². The number of fused-ring (bicyclic) bond motifs is 1. The lowest BCUT2D eigenvalue weighted by Gasteiger charge is -2.15. The van der Waals surface area contributed by atoms with Crippen LogP contribution in [0.25, 0.3) is 0 Å². The second kappa shape index (κ2) is 5.81. The molecule has 0 unspecified atom stereocenters. The average Bonchev–Trinajstić information content (AvgIpc) is 2.92. The first-order valence-electron chi connectivity index (χ1n) is 6.45. The van der Waals surface area contributed by atoms with Gasteiger partial charge in [-0.3, -0.25) is 4.98 Å². The standard InChI is InChI=1S/C15H15BrN2O2/c1-10(11-3-2-4-17-7-11)18-8-12-5-14-15(6-13(12)16)20-9-19-14/h2-7,10,18H,8-9H2,1H3/t10-/m1/s1.